The molecule has 0 unspecified atom stereocenters. The SMILES string of the molecule is CC(C)CN1C(=O)CNC12CCN(C(=S)NC(C)C)CC2. The van der Waals surface area contributed by atoms with Crippen LogP contribution in [-0.4, -0.2) is 58.7 Å². The maximum atomic E-state index is 12.2. The molecular formula is C15H28N4OS. The lowest BCUT2D eigenvalue weighted by molar-refractivity contribution is -0.132. The van der Waals surface area contributed by atoms with Gasteiger partial charge in [0.1, 0.15) is 0 Å². The summed E-state index contributed by atoms with van der Waals surface area (Å²) in [5.74, 6) is 0.729. The minimum Gasteiger partial charge on any atom is -0.360 e. The Bertz CT molecular complexity index is 402. The Morgan fingerprint density at radius 2 is 1.95 bits per heavy atom. The summed E-state index contributed by atoms with van der Waals surface area (Å²) in [6.45, 7) is 11.6. The average Bonchev–Trinajstić information content (AvgIpc) is 2.68. The van der Waals surface area contributed by atoms with E-state index in [-0.39, 0.29) is 11.6 Å². The highest BCUT2D eigenvalue weighted by Crippen LogP contribution is 2.30. The van der Waals surface area contributed by atoms with Crippen molar-refractivity contribution >= 4 is 23.2 Å². The van der Waals surface area contributed by atoms with Crippen molar-refractivity contribution in [1.82, 2.24) is 20.4 Å². The van der Waals surface area contributed by atoms with E-state index >= 15 is 0 Å². The van der Waals surface area contributed by atoms with Gasteiger partial charge in [-0.15, -0.1) is 0 Å². The molecule has 0 aromatic carbocycles. The summed E-state index contributed by atoms with van der Waals surface area (Å²) in [7, 11) is 0. The Morgan fingerprint density at radius 1 is 1.33 bits per heavy atom. The van der Waals surface area contributed by atoms with Gasteiger partial charge in [-0.25, -0.2) is 0 Å². The van der Waals surface area contributed by atoms with Crippen LogP contribution in [0.5, 0.6) is 0 Å². The Morgan fingerprint density at radius 3 is 2.48 bits per heavy atom. The van der Waals surface area contributed by atoms with E-state index < -0.39 is 0 Å². The van der Waals surface area contributed by atoms with E-state index in [1.165, 1.54) is 0 Å². The van der Waals surface area contributed by atoms with Gasteiger partial charge in [0.2, 0.25) is 5.91 Å². The van der Waals surface area contributed by atoms with Gasteiger partial charge in [0, 0.05) is 38.5 Å². The molecule has 2 rings (SSSR count). The number of rotatable bonds is 3. The molecule has 2 saturated heterocycles. The summed E-state index contributed by atoms with van der Waals surface area (Å²) < 4.78 is 0. The van der Waals surface area contributed by atoms with E-state index in [0.29, 0.717) is 18.5 Å². The van der Waals surface area contributed by atoms with Crippen molar-refractivity contribution in [3.63, 3.8) is 0 Å². The van der Waals surface area contributed by atoms with E-state index in [0.717, 1.165) is 37.6 Å². The van der Waals surface area contributed by atoms with Gasteiger partial charge in [-0.05, 0) is 32.0 Å². The number of nitrogens with one attached hydrogen (secondary N) is 2. The topological polar surface area (TPSA) is 47.6 Å². The molecule has 2 fully saturated rings. The molecule has 0 saturated carbocycles. The Hall–Kier alpha value is -0.880. The Balaban J connectivity index is 1.98. The molecule has 2 aliphatic heterocycles. The maximum absolute atomic E-state index is 12.2. The molecule has 21 heavy (non-hydrogen) atoms. The number of hydrogen-bond acceptors (Lipinski definition) is 3. The Labute approximate surface area is 133 Å². The third-order valence-corrected chi connectivity index (χ3v) is 4.60. The molecule has 0 bridgehead atoms. The van der Waals surface area contributed by atoms with E-state index in [1.807, 2.05) is 0 Å². The van der Waals surface area contributed by atoms with E-state index in [1.54, 1.807) is 0 Å². The molecule has 2 heterocycles. The summed E-state index contributed by atoms with van der Waals surface area (Å²) >= 11 is 5.45. The van der Waals surface area contributed by atoms with E-state index in [4.69, 9.17) is 12.2 Å². The molecule has 2 aliphatic rings. The molecule has 0 radical (unpaired) electrons. The number of likely N-dealkylation sites (tertiary alicyclic amines) is 1. The molecule has 0 aliphatic carbocycles. The van der Waals surface area contributed by atoms with Crippen molar-refractivity contribution in [1.29, 1.82) is 0 Å². The van der Waals surface area contributed by atoms with Gasteiger partial charge in [0.05, 0.1) is 12.2 Å². The van der Waals surface area contributed by atoms with Gasteiger partial charge in [-0.1, -0.05) is 13.8 Å². The average molecular weight is 312 g/mol. The lowest BCUT2D eigenvalue weighted by atomic mass is 9.95. The van der Waals surface area contributed by atoms with Crippen molar-refractivity contribution in [2.75, 3.05) is 26.2 Å². The number of carbonyl (C=O) groups is 1. The van der Waals surface area contributed by atoms with Crippen LogP contribution in [0.3, 0.4) is 0 Å². The number of thiocarbonyl (C=S) groups is 1. The van der Waals surface area contributed by atoms with Crippen molar-refractivity contribution in [3.05, 3.63) is 0 Å². The van der Waals surface area contributed by atoms with Crippen LogP contribution >= 0.6 is 12.2 Å². The van der Waals surface area contributed by atoms with Gasteiger partial charge in [-0.2, -0.15) is 0 Å². The second kappa shape index (κ2) is 6.48. The first-order chi connectivity index (χ1) is 9.84. The maximum Gasteiger partial charge on any atom is 0.238 e. The predicted octanol–water partition coefficient (Wildman–Crippen LogP) is 1.15. The van der Waals surface area contributed by atoms with Crippen LogP contribution in [-0.2, 0) is 4.79 Å². The van der Waals surface area contributed by atoms with Gasteiger partial charge in [-0.3, -0.25) is 10.1 Å². The van der Waals surface area contributed by atoms with Crippen LogP contribution < -0.4 is 10.6 Å². The second-order valence-corrected chi connectivity index (χ2v) is 7.26. The zero-order valence-corrected chi connectivity index (χ0v) is 14.4. The molecular weight excluding hydrogens is 284 g/mol. The van der Waals surface area contributed by atoms with Gasteiger partial charge >= 0.3 is 0 Å². The van der Waals surface area contributed by atoms with Crippen LogP contribution in [0.1, 0.15) is 40.5 Å². The first kappa shape index (κ1) is 16.5. The van der Waals surface area contributed by atoms with Crippen molar-refractivity contribution in [3.8, 4) is 0 Å². The van der Waals surface area contributed by atoms with Gasteiger partial charge in [0.25, 0.3) is 0 Å². The highest BCUT2D eigenvalue weighted by Gasteiger charge is 2.46. The molecule has 0 aromatic rings. The van der Waals surface area contributed by atoms with Crippen LogP contribution in [0, 0.1) is 5.92 Å². The number of carbonyl (C=O) groups excluding carboxylic acids is 1. The highest BCUT2D eigenvalue weighted by molar-refractivity contribution is 7.80. The summed E-state index contributed by atoms with van der Waals surface area (Å²) in [4.78, 5) is 16.4. The van der Waals surface area contributed by atoms with E-state index in [9.17, 15) is 4.79 Å². The summed E-state index contributed by atoms with van der Waals surface area (Å²) in [5.41, 5.74) is -0.148. The number of nitrogens with zero attached hydrogens (tertiary/aromatic N) is 2. The molecule has 120 valence electrons. The molecule has 1 amide bonds. The number of amides is 1. The molecule has 2 N–H and O–H groups in total. The fourth-order valence-electron chi connectivity index (χ4n) is 3.18. The first-order valence-electron chi connectivity index (χ1n) is 7.95. The first-order valence-corrected chi connectivity index (χ1v) is 8.36. The van der Waals surface area contributed by atoms with Crippen LogP contribution in [0.25, 0.3) is 0 Å². The zero-order valence-electron chi connectivity index (χ0n) is 13.6. The smallest absolute Gasteiger partial charge is 0.238 e. The quantitative estimate of drug-likeness (QED) is 0.766. The second-order valence-electron chi connectivity index (χ2n) is 6.87. The fourth-order valence-corrected chi connectivity index (χ4v) is 3.59. The number of hydrogen-bond donors (Lipinski definition) is 2. The number of piperidine rings is 1. The van der Waals surface area contributed by atoms with Crippen LogP contribution in [0.2, 0.25) is 0 Å². The minimum atomic E-state index is -0.148. The minimum absolute atomic E-state index is 0.148. The predicted molar refractivity (Wildman–Crippen MR) is 89.0 cm³/mol. The van der Waals surface area contributed by atoms with Gasteiger partial charge < -0.3 is 15.1 Å². The summed E-state index contributed by atoms with van der Waals surface area (Å²) in [5, 5.41) is 7.60. The molecule has 6 heteroatoms. The third kappa shape index (κ3) is 3.66. The van der Waals surface area contributed by atoms with Crippen LogP contribution in [0.15, 0.2) is 0 Å². The lowest BCUT2D eigenvalue weighted by Crippen LogP contribution is -2.60. The largest absolute Gasteiger partial charge is 0.360 e. The summed E-state index contributed by atoms with van der Waals surface area (Å²) in [6.07, 6.45) is 1.87. The molecule has 0 aromatic heterocycles. The van der Waals surface area contributed by atoms with Crippen molar-refractivity contribution in [2.24, 2.45) is 5.92 Å². The van der Waals surface area contributed by atoms with E-state index in [2.05, 4.69) is 48.1 Å². The lowest BCUT2D eigenvalue weighted by Gasteiger charge is -2.46. The third-order valence-electron chi connectivity index (χ3n) is 4.22. The molecule has 5 nitrogen and oxygen atoms in total. The van der Waals surface area contributed by atoms with Crippen molar-refractivity contribution < 1.29 is 4.79 Å². The van der Waals surface area contributed by atoms with Crippen LogP contribution in [0.4, 0.5) is 0 Å². The normalized spacial score (nSPS) is 21.7. The molecule has 1 spiro atoms. The Kier molecular flexibility index (Phi) is 5.09. The monoisotopic (exact) mass is 312 g/mol. The van der Waals surface area contributed by atoms with Gasteiger partial charge in [0.15, 0.2) is 5.11 Å². The highest BCUT2D eigenvalue weighted by atomic mass is 32.1. The zero-order chi connectivity index (χ0) is 15.6. The summed E-state index contributed by atoms with van der Waals surface area (Å²) in [6, 6.07) is 0.358. The standard InChI is InChI=1S/C15H28N4OS/c1-11(2)10-19-13(20)9-16-15(19)5-7-18(8-6-15)14(21)17-12(3)4/h11-12,16H,5-10H2,1-4H3,(H,17,21). The molecule has 0 atom stereocenters. The van der Waals surface area contributed by atoms with Crippen molar-refractivity contribution in [2.45, 2.75) is 52.2 Å². The fraction of sp³-hybridized carbons (Fsp3) is 0.867.